The summed E-state index contributed by atoms with van der Waals surface area (Å²) in [5.41, 5.74) is 4.25. The second-order valence-corrected chi connectivity index (χ2v) is 7.53. The first-order valence-electron chi connectivity index (χ1n) is 10.0. The monoisotopic (exact) mass is 380 g/mol. The van der Waals surface area contributed by atoms with E-state index in [4.69, 9.17) is 9.15 Å². The predicted octanol–water partition coefficient (Wildman–Crippen LogP) is 5.79. The van der Waals surface area contributed by atoms with E-state index in [0.717, 1.165) is 42.4 Å². The van der Waals surface area contributed by atoms with Crippen LogP contribution in [0.15, 0.2) is 39.5 Å². The third-order valence-corrected chi connectivity index (χ3v) is 5.50. The molecule has 0 bridgehead atoms. The Labute approximate surface area is 165 Å². The largest absolute Gasteiger partial charge is 0.465 e. The molecule has 0 N–H and O–H groups in total. The number of benzene rings is 2. The van der Waals surface area contributed by atoms with Gasteiger partial charge >= 0.3 is 5.97 Å². The summed E-state index contributed by atoms with van der Waals surface area (Å²) in [5, 5.41) is 1.19. The molecule has 0 saturated carbocycles. The number of carbonyl (C=O) groups excluding carboxylic acids is 1. The maximum absolute atomic E-state index is 13.1. The van der Waals surface area contributed by atoms with Crippen LogP contribution in [-0.2, 0) is 9.53 Å². The fourth-order valence-corrected chi connectivity index (χ4v) is 3.70. The van der Waals surface area contributed by atoms with Crippen LogP contribution in [0.3, 0.4) is 0 Å². The first kappa shape index (κ1) is 20.1. The Balaban J connectivity index is 2.18. The molecule has 0 aliphatic carbocycles. The van der Waals surface area contributed by atoms with Gasteiger partial charge in [-0.15, -0.1) is 0 Å². The standard InChI is InChI=1S/C24H28O4/c1-5-6-7-9-18(14-27-17(4)25)19-10-8-11-20-22(26)21-13-12-15(2)16(3)23(21)28-24(19)20/h8,10-13,18H,5-7,9,14H2,1-4H3. The highest BCUT2D eigenvalue weighted by molar-refractivity contribution is 5.92. The highest BCUT2D eigenvalue weighted by Crippen LogP contribution is 2.32. The fraction of sp³-hybridized carbons (Fsp3) is 0.417. The van der Waals surface area contributed by atoms with Crippen LogP contribution in [0.1, 0.15) is 62.1 Å². The van der Waals surface area contributed by atoms with E-state index < -0.39 is 0 Å². The Hall–Kier alpha value is -2.62. The summed E-state index contributed by atoms with van der Waals surface area (Å²) >= 11 is 0. The summed E-state index contributed by atoms with van der Waals surface area (Å²) < 4.78 is 11.7. The molecule has 4 heteroatoms. The molecule has 3 rings (SSSR count). The third kappa shape index (κ3) is 3.96. The van der Waals surface area contributed by atoms with Crippen molar-refractivity contribution in [3.63, 3.8) is 0 Å². The van der Waals surface area contributed by atoms with E-state index in [1.807, 2.05) is 44.2 Å². The minimum absolute atomic E-state index is 0.00450. The summed E-state index contributed by atoms with van der Waals surface area (Å²) in [6, 6.07) is 9.49. The Kier molecular flexibility index (Phi) is 6.18. The van der Waals surface area contributed by atoms with Gasteiger partial charge in [-0.3, -0.25) is 9.59 Å². The summed E-state index contributed by atoms with van der Waals surface area (Å²) in [7, 11) is 0. The van der Waals surface area contributed by atoms with Gasteiger partial charge in [0.1, 0.15) is 11.2 Å². The molecular weight excluding hydrogens is 352 g/mol. The molecule has 1 aromatic heterocycles. The van der Waals surface area contributed by atoms with Gasteiger partial charge in [0.05, 0.1) is 17.4 Å². The van der Waals surface area contributed by atoms with Gasteiger partial charge in [0, 0.05) is 18.4 Å². The molecule has 0 saturated heterocycles. The molecule has 1 atom stereocenters. The molecule has 0 radical (unpaired) electrons. The number of aryl methyl sites for hydroxylation is 2. The molecule has 2 aromatic carbocycles. The molecule has 1 heterocycles. The quantitative estimate of drug-likeness (QED) is 0.296. The minimum atomic E-state index is -0.293. The van der Waals surface area contributed by atoms with Gasteiger partial charge in [0.2, 0.25) is 5.43 Å². The van der Waals surface area contributed by atoms with Crippen molar-refractivity contribution in [1.29, 1.82) is 0 Å². The molecule has 148 valence electrons. The van der Waals surface area contributed by atoms with E-state index in [2.05, 4.69) is 6.92 Å². The van der Waals surface area contributed by atoms with E-state index in [-0.39, 0.29) is 17.3 Å². The van der Waals surface area contributed by atoms with Gasteiger partial charge in [0.25, 0.3) is 0 Å². The topological polar surface area (TPSA) is 56.5 Å². The molecule has 28 heavy (non-hydrogen) atoms. The molecule has 3 aromatic rings. The lowest BCUT2D eigenvalue weighted by molar-refractivity contribution is -0.141. The van der Waals surface area contributed by atoms with Crippen molar-refractivity contribution in [2.24, 2.45) is 0 Å². The van der Waals surface area contributed by atoms with Crippen molar-refractivity contribution in [2.75, 3.05) is 6.61 Å². The van der Waals surface area contributed by atoms with E-state index in [1.54, 1.807) is 0 Å². The first-order chi connectivity index (χ1) is 13.4. The second kappa shape index (κ2) is 8.59. The summed E-state index contributed by atoms with van der Waals surface area (Å²) in [6.07, 6.45) is 4.16. The first-order valence-corrected chi connectivity index (χ1v) is 10.0. The number of hydrogen-bond donors (Lipinski definition) is 0. The Morgan fingerprint density at radius 2 is 1.82 bits per heavy atom. The summed E-state index contributed by atoms with van der Waals surface area (Å²) in [6.45, 7) is 7.87. The number of fused-ring (bicyclic) bond motifs is 2. The van der Waals surface area contributed by atoms with Crippen LogP contribution in [0.5, 0.6) is 0 Å². The minimum Gasteiger partial charge on any atom is -0.465 e. The third-order valence-electron chi connectivity index (χ3n) is 5.50. The van der Waals surface area contributed by atoms with Crippen molar-refractivity contribution in [3.8, 4) is 0 Å². The number of unbranched alkanes of at least 4 members (excludes halogenated alkanes) is 2. The van der Waals surface area contributed by atoms with Crippen LogP contribution < -0.4 is 5.43 Å². The lowest BCUT2D eigenvalue weighted by Crippen LogP contribution is -2.13. The van der Waals surface area contributed by atoms with E-state index in [9.17, 15) is 9.59 Å². The van der Waals surface area contributed by atoms with E-state index in [1.165, 1.54) is 6.92 Å². The van der Waals surface area contributed by atoms with Gasteiger partial charge in [-0.05, 0) is 43.5 Å². The maximum atomic E-state index is 13.1. The van der Waals surface area contributed by atoms with Crippen molar-refractivity contribution in [3.05, 3.63) is 57.2 Å². The van der Waals surface area contributed by atoms with Crippen LogP contribution >= 0.6 is 0 Å². The van der Waals surface area contributed by atoms with Crippen LogP contribution in [-0.4, -0.2) is 12.6 Å². The van der Waals surface area contributed by atoms with Crippen molar-refractivity contribution < 1.29 is 13.9 Å². The summed E-state index contributed by atoms with van der Waals surface area (Å²) in [5.74, 6) is -0.288. The average Bonchev–Trinajstić information content (AvgIpc) is 2.67. The van der Waals surface area contributed by atoms with Gasteiger partial charge in [0.15, 0.2) is 0 Å². The summed E-state index contributed by atoms with van der Waals surface area (Å²) in [4.78, 5) is 24.5. The van der Waals surface area contributed by atoms with Crippen molar-refractivity contribution in [2.45, 2.75) is 59.3 Å². The number of ether oxygens (including phenoxy) is 1. The normalized spacial score (nSPS) is 12.4. The fourth-order valence-electron chi connectivity index (χ4n) is 3.70. The Morgan fingerprint density at radius 1 is 1.07 bits per heavy atom. The predicted molar refractivity (Wildman–Crippen MR) is 113 cm³/mol. The van der Waals surface area contributed by atoms with Gasteiger partial charge in [-0.25, -0.2) is 0 Å². The molecule has 0 aliphatic heterocycles. The van der Waals surface area contributed by atoms with Gasteiger partial charge in [-0.2, -0.15) is 0 Å². The average molecular weight is 380 g/mol. The zero-order valence-corrected chi connectivity index (χ0v) is 17.1. The zero-order valence-electron chi connectivity index (χ0n) is 17.1. The Morgan fingerprint density at radius 3 is 2.54 bits per heavy atom. The SMILES string of the molecule is CCCCCC(COC(C)=O)c1cccc2c(=O)c3ccc(C)c(C)c3oc12. The maximum Gasteiger partial charge on any atom is 0.302 e. The number of hydrogen-bond acceptors (Lipinski definition) is 4. The number of rotatable bonds is 7. The van der Waals surface area contributed by atoms with E-state index >= 15 is 0 Å². The number of esters is 1. The smallest absolute Gasteiger partial charge is 0.302 e. The Bertz CT molecular complexity index is 1060. The van der Waals surface area contributed by atoms with Gasteiger partial charge in [-0.1, -0.05) is 44.4 Å². The lowest BCUT2D eigenvalue weighted by Gasteiger charge is -2.19. The number of para-hydroxylation sites is 1. The second-order valence-electron chi connectivity index (χ2n) is 7.53. The van der Waals surface area contributed by atoms with Crippen LogP contribution in [0.4, 0.5) is 0 Å². The molecule has 0 spiro atoms. The molecular formula is C24H28O4. The molecule has 1 unspecified atom stereocenters. The molecule has 0 fully saturated rings. The molecule has 4 nitrogen and oxygen atoms in total. The van der Waals surface area contributed by atoms with Crippen molar-refractivity contribution in [1.82, 2.24) is 0 Å². The molecule has 0 aliphatic rings. The van der Waals surface area contributed by atoms with Crippen LogP contribution in [0.2, 0.25) is 0 Å². The highest BCUT2D eigenvalue weighted by Gasteiger charge is 2.20. The van der Waals surface area contributed by atoms with Crippen LogP contribution in [0.25, 0.3) is 21.9 Å². The van der Waals surface area contributed by atoms with Crippen molar-refractivity contribution >= 4 is 27.9 Å². The zero-order chi connectivity index (χ0) is 20.3. The van der Waals surface area contributed by atoms with Gasteiger partial charge < -0.3 is 9.15 Å². The van der Waals surface area contributed by atoms with Crippen LogP contribution in [0, 0.1) is 13.8 Å². The molecule has 0 amide bonds. The lowest BCUT2D eigenvalue weighted by atomic mass is 9.92. The number of carbonyl (C=O) groups is 1. The van der Waals surface area contributed by atoms with E-state index in [0.29, 0.717) is 28.5 Å². The highest BCUT2D eigenvalue weighted by atomic mass is 16.5.